The highest BCUT2D eigenvalue weighted by atomic mass is 16.2. The van der Waals surface area contributed by atoms with Crippen molar-refractivity contribution in [1.82, 2.24) is 10.2 Å². The van der Waals surface area contributed by atoms with Gasteiger partial charge in [0.15, 0.2) is 0 Å². The molecule has 1 aliphatic carbocycles. The van der Waals surface area contributed by atoms with Gasteiger partial charge in [-0.3, -0.25) is 4.79 Å². The average Bonchev–Trinajstić information content (AvgIpc) is 2.40. The molecule has 2 fully saturated rings. The summed E-state index contributed by atoms with van der Waals surface area (Å²) in [6, 6.07) is -0.327. The van der Waals surface area contributed by atoms with Gasteiger partial charge in [0, 0.05) is 6.20 Å². The number of nitrogens with one attached hydrogen (secondary N) is 1. The van der Waals surface area contributed by atoms with Gasteiger partial charge in [-0.2, -0.15) is 0 Å². The molecule has 0 bridgehead atoms. The predicted octanol–water partition coefficient (Wildman–Crippen LogP) is 1.38. The Morgan fingerprint density at radius 1 is 1.29 bits per heavy atom. The van der Waals surface area contributed by atoms with Gasteiger partial charge in [0.25, 0.3) is 5.91 Å². The number of carbonyl (C=O) groups excluding carboxylic acids is 2. The Hall–Kier alpha value is -1.32. The van der Waals surface area contributed by atoms with E-state index in [1.165, 1.54) is 6.20 Å². The van der Waals surface area contributed by atoms with Gasteiger partial charge < -0.3 is 5.32 Å². The van der Waals surface area contributed by atoms with Crippen LogP contribution in [0.3, 0.4) is 0 Å². The van der Waals surface area contributed by atoms with Crippen LogP contribution in [0.15, 0.2) is 12.8 Å². The molecule has 1 N–H and O–H groups in total. The molecular weight excluding hydrogens is 180 g/mol. The van der Waals surface area contributed by atoms with Gasteiger partial charge in [0.1, 0.15) is 5.54 Å². The molecule has 0 aromatic rings. The second kappa shape index (κ2) is 3.12. The zero-order valence-electron chi connectivity index (χ0n) is 8.08. The highest BCUT2D eigenvalue weighted by molar-refractivity contribution is 6.07. The van der Waals surface area contributed by atoms with E-state index in [1.807, 2.05) is 0 Å². The van der Waals surface area contributed by atoms with Crippen molar-refractivity contribution in [3.8, 4) is 0 Å². The van der Waals surface area contributed by atoms with Crippen molar-refractivity contribution in [2.75, 3.05) is 0 Å². The summed E-state index contributed by atoms with van der Waals surface area (Å²) in [6.07, 6.45) is 6.00. The standard InChI is InChI=1S/C10H14N2O2/c1-2-12-8(13)10(11-9(12)14)6-4-3-5-7-10/h2H,1,3-7H2,(H,11,14). The minimum Gasteiger partial charge on any atom is -0.323 e. The summed E-state index contributed by atoms with van der Waals surface area (Å²) in [5, 5.41) is 2.79. The largest absolute Gasteiger partial charge is 0.329 e. The number of imide groups is 1. The third-order valence-electron chi connectivity index (χ3n) is 3.08. The predicted molar refractivity (Wildman–Crippen MR) is 51.4 cm³/mol. The number of rotatable bonds is 1. The summed E-state index contributed by atoms with van der Waals surface area (Å²) in [4.78, 5) is 24.4. The Kier molecular flexibility index (Phi) is 2.06. The Morgan fingerprint density at radius 2 is 1.93 bits per heavy atom. The summed E-state index contributed by atoms with van der Waals surface area (Å²) in [5.41, 5.74) is -0.608. The molecular formula is C10H14N2O2. The van der Waals surface area contributed by atoms with Crippen LogP contribution in [0, 0.1) is 0 Å². The molecule has 3 amide bonds. The van der Waals surface area contributed by atoms with Crippen LogP contribution < -0.4 is 5.32 Å². The Morgan fingerprint density at radius 3 is 2.43 bits per heavy atom. The van der Waals surface area contributed by atoms with E-state index in [1.54, 1.807) is 0 Å². The van der Waals surface area contributed by atoms with Gasteiger partial charge in [-0.15, -0.1) is 0 Å². The zero-order chi connectivity index (χ0) is 10.2. The van der Waals surface area contributed by atoms with Crippen molar-refractivity contribution in [2.45, 2.75) is 37.6 Å². The quantitative estimate of drug-likeness (QED) is 0.641. The molecule has 0 radical (unpaired) electrons. The first kappa shape index (κ1) is 9.24. The smallest absolute Gasteiger partial charge is 0.323 e. The monoisotopic (exact) mass is 194 g/mol. The summed E-state index contributed by atoms with van der Waals surface area (Å²) in [7, 11) is 0. The minimum atomic E-state index is -0.608. The van der Waals surface area contributed by atoms with Crippen LogP contribution in [0.5, 0.6) is 0 Å². The van der Waals surface area contributed by atoms with Crippen LogP contribution in [0.2, 0.25) is 0 Å². The SMILES string of the molecule is C=CN1C(=O)NC2(CCCCC2)C1=O. The third kappa shape index (κ3) is 1.14. The highest BCUT2D eigenvalue weighted by Gasteiger charge is 2.50. The first-order chi connectivity index (χ1) is 6.69. The van der Waals surface area contributed by atoms with E-state index in [9.17, 15) is 9.59 Å². The lowest BCUT2D eigenvalue weighted by Crippen LogP contribution is -2.48. The molecule has 2 rings (SSSR count). The molecule has 4 heteroatoms. The number of hydrogen-bond donors (Lipinski definition) is 1. The van der Waals surface area contributed by atoms with E-state index in [-0.39, 0.29) is 11.9 Å². The second-order valence-electron chi connectivity index (χ2n) is 3.93. The van der Waals surface area contributed by atoms with Crippen LogP contribution in [0.1, 0.15) is 32.1 Å². The van der Waals surface area contributed by atoms with Crippen molar-refractivity contribution in [3.63, 3.8) is 0 Å². The maximum absolute atomic E-state index is 11.9. The van der Waals surface area contributed by atoms with Crippen molar-refractivity contribution in [3.05, 3.63) is 12.8 Å². The second-order valence-corrected chi connectivity index (χ2v) is 3.93. The molecule has 0 aromatic heterocycles. The molecule has 0 aromatic carbocycles. The van der Waals surface area contributed by atoms with Gasteiger partial charge in [-0.1, -0.05) is 25.8 Å². The van der Waals surface area contributed by atoms with Crippen LogP contribution in [-0.2, 0) is 4.79 Å². The van der Waals surface area contributed by atoms with E-state index in [0.717, 1.165) is 37.0 Å². The van der Waals surface area contributed by atoms with Gasteiger partial charge in [0.2, 0.25) is 0 Å². The van der Waals surface area contributed by atoms with Crippen molar-refractivity contribution in [1.29, 1.82) is 0 Å². The van der Waals surface area contributed by atoms with Gasteiger partial charge >= 0.3 is 6.03 Å². The van der Waals surface area contributed by atoms with E-state index >= 15 is 0 Å². The molecule has 1 saturated carbocycles. The molecule has 76 valence electrons. The fourth-order valence-corrected chi connectivity index (χ4v) is 2.30. The zero-order valence-corrected chi connectivity index (χ0v) is 8.08. The molecule has 14 heavy (non-hydrogen) atoms. The molecule has 0 atom stereocenters. The first-order valence-corrected chi connectivity index (χ1v) is 4.98. The van der Waals surface area contributed by atoms with Crippen molar-refractivity contribution >= 4 is 11.9 Å². The highest BCUT2D eigenvalue weighted by Crippen LogP contribution is 2.33. The fraction of sp³-hybridized carbons (Fsp3) is 0.600. The Balaban J connectivity index is 2.25. The molecule has 1 saturated heterocycles. The number of amides is 3. The Labute approximate surface area is 83.0 Å². The summed E-state index contributed by atoms with van der Waals surface area (Å²) in [6.45, 7) is 3.47. The van der Waals surface area contributed by atoms with Crippen LogP contribution in [-0.4, -0.2) is 22.4 Å². The van der Waals surface area contributed by atoms with E-state index in [0.29, 0.717) is 0 Å². The third-order valence-corrected chi connectivity index (χ3v) is 3.08. The molecule has 1 heterocycles. The lowest BCUT2D eigenvalue weighted by Gasteiger charge is -2.30. The van der Waals surface area contributed by atoms with E-state index < -0.39 is 5.54 Å². The molecule has 1 aliphatic heterocycles. The maximum atomic E-state index is 11.9. The molecule has 1 spiro atoms. The van der Waals surface area contributed by atoms with Crippen LogP contribution in [0.25, 0.3) is 0 Å². The minimum absolute atomic E-state index is 0.128. The lowest BCUT2D eigenvalue weighted by molar-refractivity contribution is -0.130. The van der Waals surface area contributed by atoms with Crippen molar-refractivity contribution in [2.24, 2.45) is 0 Å². The summed E-state index contributed by atoms with van der Waals surface area (Å²) in [5.74, 6) is -0.128. The van der Waals surface area contributed by atoms with Gasteiger partial charge in [-0.25, -0.2) is 9.69 Å². The topological polar surface area (TPSA) is 49.4 Å². The summed E-state index contributed by atoms with van der Waals surface area (Å²) >= 11 is 0. The molecule has 0 unspecified atom stereocenters. The number of carbonyl (C=O) groups is 2. The average molecular weight is 194 g/mol. The number of hydrogen-bond acceptors (Lipinski definition) is 2. The number of nitrogens with zero attached hydrogens (tertiary/aromatic N) is 1. The van der Waals surface area contributed by atoms with Crippen molar-refractivity contribution < 1.29 is 9.59 Å². The molecule has 4 nitrogen and oxygen atoms in total. The maximum Gasteiger partial charge on any atom is 0.329 e. The van der Waals surface area contributed by atoms with Gasteiger partial charge in [-0.05, 0) is 12.8 Å². The van der Waals surface area contributed by atoms with E-state index in [2.05, 4.69) is 11.9 Å². The number of urea groups is 1. The van der Waals surface area contributed by atoms with E-state index in [4.69, 9.17) is 0 Å². The normalized spacial score (nSPS) is 25.3. The Bertz CT molecular complexity index is 292. The van der Waals surface area contributed by atoms with Gasteiger partial charge in [0.05, 0.1) is 0 Å². The summed E-state index contributed by atoms with van der Waals surface area (Å²) < 4.78 is 0. The molecule has 2 aliphatic rings. The first-order valence-electron chi connectivity index (χ1n) is 4.98. The van der Waals surface area contributed by atoms with Crippen LogP contribution >= 0.6 is 0 Å². The van der Waals surface area contributed by atoms with Crippen LogP contribution in [0.4, 0.5) is 4.79 Å². The fourth-order valence-electron chi connectivity index (χ4n) is 2.30. The lowest BCUT2D eigenvalue weighted by atomic mass is 9.82.